The molecule has 0 saturated heterocycles. The highest BCUT2D eigenvalue weighted by Crippen LogP contribution is 2.34. The SMILES string of the molecule is CNC(c1cc(Br)ccc1F)c1cc(Br)c(C)cc1Br. The van der Waals surface area contributed by atoms with E-state index in [9.17, 15) is 4.39 Å². The fraction of sp³-hybridized carbons (Fsp3) is 0.200. The maximum atomic E-state index is 14.1. The molecule has 1 atom stereocenters. The van der Waals surface area contributed by atoms with E-state index < -0.39 is 0 Å². The Morgan fingerprint density at radius 3 is 2.35 bits per heavy atom. The molecule has 106 valence electrons. The summed E-state index contributed by atoms with van der Waals surface area (Å²) in [6.45, 7) is 2.02. The van der Waals surface area contributed by atoms with E-state index in [0.29, 0.717) is 5.56 Å². The molecule has 0 spiro atoms. The lowest BCUT2D eigenvalue weighted by Gasteiger charge is -2.20. The van der Waals surface area contributed by atoms with Gasteiger partial charge in [-0.25, -0.2) is 4.39 Å². The van der Waals surface area contributed by atoms with Crippen LogP contribution >= 0.6 is 47.8 Å². The van der Waals surface area contributed by atoms with Crippen LogP contribution in [0.4, 0.5) is 4.39 Å². The van der Waals surface area contributed by atoms with Gasteiger partial charge in [0.25, 0.3) is 0 Å². The molecule has 5 heteroatoms. The third-order valence-electron chi connectivity index (χ3n) is 3.15. The normalized spacial score (nSPS) is 12.5. The summed E-state index contributed by atoms with van der Waals surface area (Å²) < 4.78 is 16.9. The second-order valence-electron chi connectivity index (χ2n) is 4.51. The van der Waals surface area contributed by atoms with Gasteiger partial charge in [0.05, 0.1) is 6.04 Å². The van der Waals surface area contributed by atoms with Crippen molar-refractivity contribution in [1.82, 2.24) is 5.32 Å². The largest absolute Gasteiger partial charge is 0.309 e. The zero-order valence-corrected chi connectivity index (χ0v) is 15.7. The average Bonchev–Trinajstić information content (AvgIpc) is 2.40. The molecule has 0 bridgehead atoms. The van der Waals surface area contributed by atoms with Crippen molar-refractivity contribution in [2.24, 2.45) is 0 Å². The van der Waals surface area contributed by atoms with Crippen LogP contribution in [0.2, 0.25) is 0 Å². The lowest BCUT2D eigenvalue weighted by atomic mass is 9.97. The minimum atomic E-state index is -0.226. The van der Waals surface area contributed by atoms with Gasteiger partial charge in [0, 0.05) is 19.0 Å². The van der Waals surface area contributed by atoms with E-state index in [1.54, 1.807) is 12.1 Å². The van der Waals surface area contributed by atoms with E-state index in [-0.39, 0.29) is 11.9 Å². The topological polar surface area (TPSA) is 12.0 Å². The van der Waals surface area contributed by atoms with Crippen LogP contribution in [-0.4, -0.2) is 7.05 Å². The summed E-state index contributed by atoms with van der Waals surface area (Å²) in [5.41, 5.74) is 2.73. The van der Waals surface area contributed by atoms with E-state index in [4.69, 9.17) is 0 Å². The van der Waals surface area contributed by atoms with Gasteiger partial charge >= 0.3 is 0 Å². The molecule has 0 heterocycles. The molecule has 0 radical (unpaired) electrons. The minimum absolute atomic E-state index is 0.223. The van der Waals surface area contributed by atoms with Gasteiger partial charge < -0.3 is 5.32 Å². The van der Waals surface area contributed by atoms with Crippen molar-refractivity contribution in [2.75, 3.05) is 7.05 Å². The van der Waals surface area contributed by atoms with Crippen LogP contribution in [0.15, 0.2) is 43.7 Å². The number of aryl methyl sites for hydroxylation is 1. The second kappa shape index (κ2) is 6.69. The van der Waals surface area contributed by atoms with E-state index in [1.165, 1.54) is 6.07 Å². The third kappa shape index (κ3) is 3.32. The van der Waals surface area contributed by atoms with Gasteiger partial charge in [-0.3, -0.25) is 0 Å². The number of rotatable bonds is 3. The highest BCUT2D eigenvalue weighted by molar-refractivity contribution is 9.11. The summed E-state index contributed by atoms with van der Waals surface area (Å²) in [6, 6.07) is 8.79. The fourth-order valence-corrected chi connectivity index (χ4v) is 3.52. The summed E-state index contributed by atoms with van der Waals surface area (Å²) in [7, 11) is 1.82. The Morgan fingerprint density at radius 2 is 1.70 bits per heavy atom. The number of halogens is 4. The Balaban J connectivity index is 2.58. The van der Waals surface area contributed by atoms with Crippen molar-refractivity contribution in [3.05, 3.63) is 66.3 Å². The molecule has 2 aromatic carbocycles. The van der Waals surface area contributed by atoms with Crippen molar-refractivity contribution in [2.45, 2.75) is 13.0 Å². The zero-order chi connectivity index (χ0) is 14.9. The lowest BCUT2D eigenvalue weighted by Crippen LogP contribution is -2.19. The fourth-order valence-electron chi connectivity index (χ4n) is 2.10. The molecular formula is C15H13Br3FN. The molecule has 0 amide bonds. The first-order chi connectivity index (χ1) is 9.43. The summed E-state index contributed by atoms with van der Waals surface area (Å²) in [6.07, 6.45) is 0. The van der Waals surface area contributed by atoms with E-state index >= 15 is 0 Å². The highest BCUT2D eigenvalue weighted by Gasteiger charge is 2.20. The molecule has 2 aromatic rings. The summed E-state index contributed by atoms with van der Waals surface area (Å²) in [5.74, 6) is -0.226. The van der Waals surface area contributed by atoms with Crippen LogP contribution in [0, 0.1) is 12.7 Å². The molecule has 2 rings (SSSR count). The Labute approximate surface area is 143 Å². The monoisotopic (exact) mass is 463 g/mol. The Hall–Kier alpha value is -0.230. The van der Waals surface area contributed by atoms with Crippen LogP contribution < -0.4 is 5.32 Å². The quantitative estimate of drug-likeness (QED) is 0.610. The number of hydrogen-bond donors (Lipinski definition) is 1. The minimum Gasteiger partial charge on any atom is -0.309 e. The first kappa shape index (κ1) is 16.1. The van der Waals surface area contributed by atoms with E-state index in [0.717, 1.165) is 24.5 Å². The van der Waals surface area contributed by atoms with Crippen LogP contribution in [0.3, 0.4) is 0 Å². The number of benzene rings is 2. The van der Waals surface area contributed by atoms with Crippen molar-refractivity contribution < 1.29 is 4.39 Å². The standard InChI is InChI=1S/C15H13Br3FN/c1-8-5-13(18)10(7-12(8)17)15(20-2)11-6-9(16)3-4-14(11)19/h3-7,15,20H,1-2H3. The van der Waals surface area contributed by atoms with E-state index in [1.807, 2.05) is 26.1 Å². The molecule has 0 aromatic heterocycles. The van der Waals surface area contributed by atoms with Crippen molar-refractivity contribution >= 4 is 47.8 Å². The highest BCUT2D eigenvalue weighted by atomic mass is 79.9. The molecule has 0 aliphatic rings. The lowest BCUT2D eigenvalue weighted by molar-refractivity contribution is 0.575. The predicted octanol–water partition coefficient (Wildman–Crippen LogP) is 5.73. The van der Waals surface area contributed by atoms with Crippen LogP contribution in [0.1, 0.15) is 22.7 Å². The van der Waals surface area contributed by atoms with Crippen LogP contribution in [-0.2, 0) is 0 Å². The Kier molecular flexibility index (Phi) is 5.40. The van der Waals surface area contributed by atoms with Crippen molar-refractivity contribution in [1.29, 1.82) is 0 Å². The van der Waals surface area contributed by atoms with Gasteiger partial charge in [0.2, 0.25) is 0 Å². The maximum Gasteiger partial charge on any atom is 0.128 e. The predicted molar refractivity (Wildman–Crippen MR) is 91.6 cm³/mol. The molecule has 0 saturated carbocycles. The summed E-state index contributed by atoms with van der Waals surface area (Å²) in [5, 5.41) is 3.18. The first-order valence-corrected chi connectivity index (χ1v) is 8.39. The van der Waals surface area contributed by atoms with Gasteiger partial charge in [0.1, 0.15) is 5.82 Å². The van der Waals surface area contributed by atoms with Gasteiger partial charge in [-0.1, -0.05) is 47.8 Å². The smallest absolute Gasteiger partial charge is 0.128 e. The van der Waals surface area contributed by atoms with Gasteiger partial charge in [0.15, 0.2) is 0 Å². The first-order valence-electron chi connectivity index (χ1n) is 6.01. The third-order valence-corrected chi connectivity index (χ3v) is 5.18. The molecule has 1 nitrogen and oxygen atoms in total. The van der Waals surface area contributed by atoms with Gasteiger partial charge in [-0.05, 0) is 55.4 Å². The Bertz CT molecular complexity index is 643. The number of nitrogens with one attached hydrogen (secondary N) is 1. The summed E-state index contributed by atoms with van der Waals surface area (Å²) >= 11 is 10.5. The molecule has 0 aliphatic carbocycles. The number of hydrogen-bond acceptors (Lipinski definition) is 1. The van der Waals surface area contributed by atoms with Crippen LogP contribution in [0.5, 0.6) is 0 Å². The second-order valence-corrected chi connectivity index (χ2v) is 7.13. The molecular weight excluding hydrogens is 453 g/mol. The van der Waals surface area contributed by atoms with E-state index in [2.05, 4.69) is 53.1 Å². The van der Waals surface area contributed by atoms with Gasteiger partial charge in [-0.2, -0.15) is 0 Å². The van der Waals surface area contributed by atoms with Crippen molar-refractivity contribution in [3.63, 3.8) is 0 Å². The zero-order valence-electron chi connectivity index (χ0n) is 11.0. The maximum absolute atomic E-state index is 14.1. The Morgan fingerprint density at radius 1 is 1.00 bits per heavy atom. The molecule has 0 fully saturated rings. The average molecular weight is 466 g/mol. The summed E-state index contributed by atoms with van der Waals surface area (Å²) in [4.78, 5) is 0. The van der Waals surface area contributed by atoms with Crippen LogP contribution in [0.25, 0.3) is 0 Å². The molecule has 1 N–H and O–H groups in total. The van der Waals surface area contributed by atoms with Gasteiger partial charge in [-0.15, -0.1) is 0 Å². The molecule has 1 unspecified atom stereocenters. The molecule has 0 aliphatic heterocycles. The van der Waals surface area contributed by atoms with Crippen molar-refractivity contribution in [3.8, 4) is 0 Å². The molecule has 20 heavy (non-hydrogen) atoms.